The van der Waals surface area contributed by atoms with Crippen LogP contribution in [0.1, 0.15) is 12.5 Å². The fourth-order valence-electron chi connectivity index (χ4n) is 1.43. The second-order valence-electron chi connectivity index (χ2n) is 3.60. The normalized spacial score (nSPS) is 9.39. The molecule has 0 radical (unpaired) electrons. The van der Waals surface area contributed by atoms with Crippen molar-refractivity contribution in [2.75, 3.05) is 6.61 Å². The van der Waals surface area contributed by atoms with Crippen LogP contribution in [0.15, 0.2) is 59.5 Å². The van der Waals surface area contributed by atoms with Crippen molar-refractivity contribution in [1.82, 2.24) is 0 Å². The maximum Gasteiger partial charge on any atom is 0.119 e. The van der Waals surface area contributed by atoms with Gasteiger partial charge in [-0.1, -0.05) is 24.1 Å². The van der Waals surface area contributed by atoms with Crippen molar-refractivity contribution in [3.63, 3.8) is 0 Å². The molecule has 90 valence electrons. The number of hydrogen-bond acceptors (Lipinski definition) is 2. The first kappa shape index (κ1) is 12.6. The SMILES string of the molecule is CCOc1ccc(C#CSc2ccccc2)cc1. The minimum atomic E-state index is 0.689. The van der Waals surface area contributed by atoms with Crippen molar-refractivity contribution < 1.29 is 4.74 Å². The van der Waals surface area contributed by atoms with Crippen LogP contribution in [0, 0.1) is 11.2 Å². The molecule has 0 saturated carbocycles. The summed E-state index contributed by atoms with van der Waals surface area (Å²) >= 11 is 1.54. The highest BCUT2D eigenvalue weighted by Crippen LogP contribution is 2.16. The van der Waals surface area contributed by atoms with Crippen LogP contribution < -0.4 is 4.74 Å². The summed E-state index contributed by atoms with van der Waals surface area (Å²) in [5, 5.41) is 3.10. The molecule has 0 fully saturated rings. The highest BCUT2D eigenvalue weighted by molar-refractivity contribution is 8.03. The minimum Gasteiger partial charge on any atom is -0.494 e. The highest BCUT2D eigenvalue weighted by Gasteiger charge is 1.91. The van der Waals surface area contributed by atoms with E-state index in [-0.39, 0.29) is 0 Å². The Hall–Kier alpha value is -1.85. The molecule has 2 aromatic rings. The molecular weight excluding hydrogens is 240 g/mol. The van der Waals surface area contributed by atoms with Gasteiger partial charge in [-0.2, -0.15) is 0 Å². The summed E-state index contributed by atoms with van der Waals surface area (Å²) in [4.78, 5) is 1.16. The first-order chi connectivity index (χ1) is 8.88. The first-order valence-corrected chi connectivity index (χ1v) is 6.66. The summed E-state index contributed by atoms with van der Waals surface area (Å²) in [6, 6.07) is 18.0. The van der Waals surface area contributed by atoms with Crippen LogP contribution in [0.25, 0.3) is 0 Å². The Morgan fingerprint density at radius 1 is 1.00 bits per heavy atom. The van der Waals surface area contributed by atoms with Gasteiger partial charge in [0.05, 0.1) is 6.61 Å². The average Bonchev–Trinajstić information content (AvgIpc) is 2.42. The smallest absolute Gasteiger partial charge is 0.119 e. The fraction of sp³-hybridized carbons (Fsp3) is 0.125. The molecule has 0 aliphatic rings. The Morgan fingerprint density at radius 3 is 2.39 bits per heavy atom. The van der Waals surface area contributed by atoms with E-state index in [2.05, 4.69) is 23.3 Å². The van der Waals surface area contributed by atoms with E-state index in [1.165, 1.54) is 11.8 Å². The van der Waals surface area contributed by atoms with Gasteiger partial charge < -0.3 is 4.74 Å². The molecule has 0 N–H and O–H groups in total. The maximum atomic E-state index is 5.38. The predicted molar refractivity (Wildman–Crippen MR) is 76.8 cm³/mol. The molecule has 18 heavy (non-hydrogen) atoms. The van der Waals surface area contributed by atoms with Crippen molar-refractivity contribution in [2.24, 2.45) is 0 Å². The molecule has 0 amide bonds. The van der Waals surface area contributed by atoms with Gasteiger partial charge in [0, 0.05) is 10.5 Å². The largest absolute Gasteiger partial charge is 0.494 e. The zero-order valence-electron chi connectivity index (χ0n) is 10.2. The summed E-state index contributed by atoms with van der Waals surface area (Å²) < 4.78 is 5.38. The third-order valence-electron chi connectivity index (χ3n) is 2.27. The van der Waals surface area contributed by atoms with Gasteiger partial charge >= 0.3 is 0 Å². The minimum absolute atomic E-state index is 0.689. The van der Waals surface area contributed by atoms with Crippen LogP contribution in [-0.2, 0) is 0 Å². The van der Waals surface area contributed by atoms with Crippen molar-refractivity contribution in [2.45, 2.75) is 11.8 Å². The molecule has 0 bridgehead atoms. The number of rotatable bonds is 3. The summed E-state index contributed by atoms with van der Waals surface area (Å²) in [7, 11) is 0. The molecule has 0 spiro atoms. The van der Waals surface area contributed by atoms with Crippen LogP contribution in [0.3, 0.4) is 0 Å². The molecule has 2 aromatic carbocycles. The van der Waals surface area contributed by atoms with Crippen LogP contribution >= 0.6 is 11.8 Å². The summed E-state index contributed by atoms with van der Waals surface area (Å²) in [5.74, 6) is 4.01. The Kier molecular flexibility index (Phi) is 4.75. The van der Waals surface area contributed by atoms with Gasteiger partial charge in [-0.3, -0.25) is 0 Å². The van der Waals surface area contributed by atoms with E-state index >= 15 is 0 Å². The van der Waals surface area contributed by atoms with Crippen LogP contribution in [0.4, 0.5) is 0 Å². The van der Waals surface area contributed by atoms with Crippen molar-refractivity contribution in [3.8, 4) is 16.9 Å². The molecule has 0 heterocycles. The lowest BCUT2D eigenvalue weighted by Gasteiger charge is -2.01. The molecule has 0 saturated heterocycles. The third kappa shape index (κ3) is 3.87. The van der Waals surface area contributed by atoms with Gasteiger partial charge in [-0.15, -0.1) is 0 Å². The van der Waals surface area contributed by atoms with Crippen molar-refractivity contribution in [1.29, 1.82) is 0 Å². The molecule has 1 nitrogen and oxygen atoms in total. The lowest BCUT2D eigenvalue weighted by Crippen LogP contribution is -1.90. The Labute approximate surface area is 112 Å². The molecule has 0 unspecified atom stereocenters. The van der Waals surface area contributed by atoms with E-state index in [0.29, 0.717) is 6.61 Å². The molecule has 0 aliphatic heterocycles. The first-order valence-electron chi connectivity index (χ1n) is 5.84. The second kappa shape index (κ2) is 6.78. The second-order valence-corrected chi connectivity index (χ2v) is 4.48. The summed E-state index contributed by atoms with van der Waals surface area (Å²) in [5.41, 5.74) is 1.00. The zero-order chi connectivity index (χ0) is 12.6. The quantitative estimate of drug-likeness (QED) is 0.600. The summed E-state index contributed by atoms with van der Waals surface area (Å²) in [6.07, 6.45) is 0. The van der Waals surface area contributed by atoms with Gasteiger partial charge in [0.15, 0.2) is 0 Å². The monoisotopic (exact) mass is 254 g/mol. The van der Waals surface area contributed by atoms with Crippen LogP contribution in [0.2, 0.25) is 0 Å². The highest BCUT2D eigenvalue weighted by atomic mass is 32.2. The topological polar surface area (TPSA) is 9.23 Å². The van der Waals surface area contributed by atoms with Gasteiger partial charge in [0.2, 0.25) is 0 Å². The van der Waals surface area contributed by atoms with Crippen LogP contribution in [-0.4, -0.2) is 6.61 Å². The van der Waals surface area contributed by atoms with E-state index in [9.17, 15) is 0 Å². The lowest BCUT2D eigenvalue weighted by atomic mass is 10.2. The average molecular weight is 254 g/mol. The van der Waals surface area contributed by atoms with Gasteiger partial charge in [-0.05, 0) is 60.3 Å². The van der Waals surface area contributed by atoms with E-state index in [0.717, 1.165) is 16.2 Å². The fourth-order valence-corrected chi connectivity index (χ4v) is 2.01. The third-order valence-corrected chi connectivity index (χ3v) is 2.98. The van der Waals surface area contributed by atoms with Crippen molar-refractivity contribution in [3.05, 3.63) is 60.2 Å². The van der Waals surface area contributed by atoms with Gasteiger partial charge in [-0.25, -0.2) is 0 Å². The Balaban J connectivity index is 1.97. The maximum absolute atomic E-state index is 5.38. The van der Waals surface area contributed by atoms with Crippen LogP contribution in [0.5, 0.6) is 5.75 Å². The van der Waals surface area contributed by atoms with Crippen molar-refractivity contribution >= 4 is 11.8 Å². The molecule has 0 aliphatic carbocycles. The van der Waals surface area contributed by atoms with E-state index in [4.69, 9.17) is 4.74 Å². The standard InChI is InChI=1S/C16H14OS/c1-2-17-15-10-8-14(9-11-15)12-13-18-16-6-4-3-5-7-16/h3-11H,2H2,1H3. The summed E-state index contributed by atoms with van der Waals surface area (Å²) in [6.45, 7) is 2.67. The number of thioether (sulfide) groups is 1. The number of ether oxygens (including phenoxy) is 1. The predicted octanol–water partition coefficient (Wildman–Crippen LogP) is 4.19. The Morgan fingerprint density at radius 2 is 1.72 bits per heavy atom. The molecule has 2 rings (SSSR count). The van der Waals surface area contributed by atoms with E-state index in [1.54, 1.807) is 0 Å². The molecule has 0 atom stereocenters. The molecule has 0 aromatic heterocycles. The van der Waals surface area contributed by atoms with Gasteiger partial charge in [0.25, 0.3) is 0 Å². The Bertz CT molecular complexity index is 535. The lowest BCUT2D eigenvalue weighted by molar-refractivity contribution is 0.340. The molecular formula is C16H14OS. The number of benzene rings is 2. The number of hydrogen-bond donors (Lipinski definition) is 0. The van der Waals surface area contributed by atoms with Gasteiger partial charge in [0.1, 0.15) is 5.75 Å². The van der Waals surface area contributed by atoms with E-state index < -0.39 is 0 Å². The van der Waals surface area contributed by atoms with E-state index in [1.807, 2.05) is 49.4 Å². The molecule has 2 heteroatoms. The zero-order valence-corrected chi connectivity index (χ0v) is 11.0.